The molecule has 15 heavy (non-hydrogen) atoms. The lowest BCUT2D eigenvalue weighted by atomic mass is 10.0. The normalized spacial score (nSPS) is 24.8. The maximum Gasteiger partial charge on any atom is 0.0648 e. The molecule has 0 radical (unpaired) electrons. The van der Waals surface area contributed by atoms with Gasteiger partial charge in [0.2, 0.25) is 0 Å². The van der Waals surface area contributed by atoms with E-state index in [0.29, 0.717) is 12.1 Å². The second kappa shape index (κ2) is 5.28. The Morgan fingerprint density at radius 2 is 2.07 bits per heavy atom. The third-order valence-corrected chi connectivity index (χ3v) is 2.71. The van der Waals surface area contributed by atoms with Crippen molar-refractivity contribution in [2.75, 3.05) is 26.4 Å². The zero-order valence-corrected chi connectivity index (χ0v) is 10.7. The minimum Gasteiger partial charge on any atom is -0.378 e. The van der Waals surface area contributed by atoms with Gasteiger partial charge in [0.25, 0.3) is 0 Å². The van der Waals surface area contributed by atoms with Crippen molar-refractivity contribution < 1.29 is 9.47 Å². The lowest BCUT2D eigenvalue weighted by Crippen LogP contribution is -2.56. The van der Waals surface area contributed by atoms with Gasteiger partial charge < -0.3 is 9.47 Å². The summed E-state index contributed by atoms with van der Waals surface area (Å²) in [6.45, 7) is 14.3. The van der Waals surface area contributed by atoms with Crippen molar-refractivity contribution in [3.05, 3.63) is 0 Å². The van der Waals surface area contributed by atoms with Gasteiger partial charge in [-0.05, 0) is 34.6 Å². The standard InChI is InChI=1S/C12H25NO2/c1-10(2)15-9-11-8-14-7-6-13(11)12(3,4)5/h10-11H,6-9H2,1-5H3. The van der Waals surface area contributed by atoms with Gasteiger partial charge in [-0.3, -0.25) is 4.90 Å². The van der Waals surface area contributed by atoms with E-state index in [2.05, 4.69) is 39.5 Å². The van der Waals surface area contributed by atoms with Gasteiger partial charge in [0.05, 0.1) is 32.0 Å². The fourth-order valence-corrected chi connectivity index (χ4v) is 1.98. The molecular formula is C12H25NO2. The Hall–Kier alpha value is -0.120. The SMILES string of the molecule is CC(C)OCC1COCCN1C(C)(C)C. The van der Waals surface area contributed by atoms with Crippen LogP contribution in [-0.2, 0) is 9.47 Å². The third kappa shape index (κ3) is 4.09. The Morgan fingerprint density at radius 1 is 1.40 bits per heavy atom. The number of hydrogen-bond donors (Lipinski definition) is 0. The number of hydrogen-bond acceptors (Lipinski definition) is 3. The molecule has 0 aromatic heterocycles. The molecule has 90 valence electrons. The van der Waals surface area contributed by atoms with E-state index in [1.807, 2.05) is 0 Å². The minimum atomic E-state index is 0.203. The van der Waals surface area contributed by atoms with Gasteiger partial charge in [-0.1, -0.05) is 0 Å². The molecule has 1 unspecified atom stereocenters. The second-order valence-corrected chi connectivity index (χ2v) is 5.48. The lowest BCUT2D eigenvalue weighted by molar-refractivity contribution is -0.0849. The van der Waals surface area contributed by atoms with E-state index in [1.165, 1.54) is 0 Å². The summed E-state index contributed by atoms with van der Waals surface area (Å²) in [5.74, 6) is 0. The van der Waals surface area contributed by atoms with Crippen molar-refractivity contribution in [3.8, 4) is 0 Å². The molecule has 1 heterocycles. The summed E-state index contributed by atoms with van der Waals surface area (Å²) in [5.41, 5.74) is 0.203. The first-order valence-corrected chi connectivity index (χ1v) is 5.87. The van der Waals surface area contributed by atoms with Gasteiger partial charge >= 0.3 is 0 Å². The van der Waals surface area contributed by atoms with Gasteiger partial charge in [0.1, 0.15) is 0 Å². The van der Waals surface area contributed by atoms with Crippen LogP contribution >= 0.6 is 0 Å². The summed E-state index contributed by atoms with van der Waals surface area (Å²) in [4.78, 5) is 2.48. The van der Waals surface area contributed by atoms with Crippen molar-refractivity contribution in [3.63, 3.8) is 0 Å². The smallest absolute Gasteiger partial charge is 0.0648 e. The molecule has 3 heteroatoms. The van der Waals surface area contributed by atoms with Gasteiger partial charge in [-0.25, -0.2) is 0 Å². The molecule has 1 aliphatic heterocycles. The van der Waals surface area contributed by atoms with Crippen LogP contribution in [0.15, 0.2) is 0 Å². The van der Waals surface area contributed by atoms with Gasteiger partial charge in [0, 0.05) is 12.1 Å². The minimum absolute atomic E-state index is 0.203. The second-order valence-electron chi connectivity index (χ2n) is 5.48. The molecule has 0 aromatic carbocycles. The number of rotatable bonds is 3. The highest BCUT2D eigenvalue weighted by Gasteiger charge is 2.31. The van der Waals surface area contributed by atoms with Crippen LogP contribution < -0.4 is 0 Å². The fourth-order valence-electron chi connectivity index (χ4n) is 1.98. The molecule has 1 atom stereocenters. The predicted octanol–water partition coefficient (Wildman–Crippen LogP) is 1.91. The van der Waals surface area contributed by atoms with E-state index in [1.54, 1.807) is 0 Å². The average molecular weight is 215 g/mol. The molecule has 0 N–H and O–H groups in total. The average Bonchev–Trinajstić information content (AvgIpc) is 2.13. The summed E-state index contributed by atoms with van der Waals surface area (Å²) in [6.07, 6.45) is 0.300. The van der Waals surface area contributed by atoms with Crippen LogP contribution in [0.1, 0.15) is 34.6 Å². The van der Waals surface area contributed by atoms with Crippen molar-refractivity contribution in [2.24, 2.45) is 0 Å². The Bertz CT molecular complexity index is 187. The van der Waals surface area contributed by atoms with Gasteiger partial charge in [-0.15, -0.1) is 0 Å². The molecule has 0 aliphatic carbocycles. The highest BCUT2D eigenvalue weighted by Crippen LogP contribution is 2.20. The van der Waals surface area contributed by atoms with Gasteiger partial charge in [-0.2, -0.15) is 0 Å². The summed E-state index contributed by atoms with van der Waals surface area (Å²) in [6, 6.07) is 0.404. The van der Waals surface area contributed by atoms with E-state index in [0.717, 1.165) is 26.4 Å². The van der Waals surface area contributed by atoms with Crippen molar-refractivity contribution >= 4 is 0 Å². The summed E-state index contributed by atoms with van der Waals surface area (Å²) >= 11 is 0. The summed E-state index contributed by atoms with van der Waals surface area (Å²) in [7, 11) is 0. The van der Waals surface area contributed by atoms with Crippen LogP contribution in [0.5, 0.6) is 0 Å². The number of nitrogens with zero attached hydrogens (tertiary/aromatic N) is 1. The van der Waals surface area contributed by atoms with Crippen LogP contribution in [0.4, 0.5) is 0 Å². The molecular weight excluding hydrogens is 190 g/mol. The fraction of sp³-hybridized carbons (Fsp3) is 1.00. The van der Waals surface area contributed by atoms with Crippen LogP contribution in [0.2, 0.25) is 0 Å². The number of morpholine rings is 1. The molecule has 0 bridgehead atoms. The summed E-state index contributed by atoms with van der Waals surface area (Å²) < 4.78 is 11.2. The first-order valence-electron chi connectivity index (χ1n) is 5.87. The quantitative estimate of drug-likeness (QED) is 0.718. The maximum absolute atomic E-state index is 5.69. The Kier molecular flexibility index (Phi) is 4.56. The van der Waals surface area contributed by atoms with Gasteiger partial charge in [0.15, 0.2) is 0 Å². The van der Waals surface area contributed by atoms with E-state index in [4.69, 9.17) is 9.47 Å². The first kappa shape index (κ1) is 12.9. The number of ether oxygens (including phenoxy) is 2. The first-order chi connectivity index (χ1) is 6.91. The van der Waals surface area contributed by atoms with Crippen LogP contribution in [0, 0.1) is 0 Å². The largest absolute Gasteiger partial charge is 0.378 e. The molecule has 3 nitrogen and oxygen atoms in total. The van der Waals surface area contributed by atoms with Crippen LogP contribution in [0.25, 0.3) is 0 Å². The molecule has 0 aromatic rings. The van der Waals surface area contributed by atoms with Crippen molar-refractivity contribution in [1.29, 1.82) is 0 Å². The van der Waals surface area contributed by atoms with Crippen LogP contribution in [-0.4, -0.2) is 49.0 Å². The lowest BCUT2D eigenvalue weighted by Gasteiger charge is -2.44. The van der Waals surface area contributed by atoms with Crippen LogP contribution in [0.3, 0.4) is 0 Å². The molecule has 1 fully saturated rings. The van der Waals surface area contributed by atoms with E-state index in [-0.39, 0.29) is 5.54 Å². The highest BCUT2D eigenvalue weighted by molar-refractivity contribution is 4.85. The highest BCUT2D eigenvalue weighted by atomic mass is 16.5. The van der Waals surface area contributed by atoms with Crippen molar-refractivity contribution in [2.45, 2.75) is 52.3 Å². The van der Waals surface area contributed by atoms with E-state index < -0.39 is 0 Å². The molecule has 0 saturated carbocycles. The topological polar surface area (TPSA) is 21.7 Å². The molecule has 0 spiro atoms. The zero-order chi connectivity index (χ0) is 11.5. The molecule has 0 amide bonds. The predicted molar refractivity (Wildman–Crippen MR) is 62.2 cm³/mol. The van der Waals surface area contributed by atoms with Crippen molar-refractivity contribution in [1.82, 2.24) is 4.90 Å². The summed E-state index contributed by atoms with van der Waals surface area (Å²) in [5, 5.41) is 0. The molecule has 1 aliphatic rings. The zero-order valence-electron chi connectivity index (χ0n) is 10.7. The Balaban J connectivity index is 2.50. The Morgan fingerprint density at radius 3 is 2.60 bits per heavy atom. The molecule has 1 saturated heterocycles. The van der Waals surface area contributed by atoms with E-state index in [9.17, 15) is 0 Å². The third-order valence-electron chi connectivity index (χ3n) is 2.71. The van der Waals surface area contributed by atoms with E-state index >= 15 is 0 Å². The maximum atomic E-state index is 5.69. The molecule has 1 rings (SSSR count). The Labute approximate surface area is 93.7 Å². The monoisotopic (exact) mass is 215 g/mol.